The van der Waals surface area contributed by atoms with Crippen LogP contribution in [-0.4, -0.2) is 26.2 Å². The summed E-state index contributed by atoms with van der Waals surface area (Å²) in [5.74, 6) is 0.0882. The fourth-order valence-corrected chi connectivity index (χ4v) is 3.62. The Labute approximate surface area is 167 Å². The highest BCUT2D eigenvalue weighted by atomic mass is 127. The molecular formula is C19H13ClIN3O2. The van der Waals surface area contributed by atoms with E-state index in [1.54, 1.807) is 12.3 Å². The number of benzene rings is 2. The standard InChI is InChI=1S/C19H13ClIN3O2/c20-9-12(25)8-18-23-16-6-5-11(21)7-14(16)19(26)24(18)17-10-22-15-4-2-1-3-13(15)17/h1-7,10,22H,8-9H2. The van der Waals surface area contributed by atoms with Crippen LogP contribution in [0.3, 0.4) is 0 Å². The molecule has 0 bridgehead atoms. The third kappa shape index (κ3) is 2.93. The van der Waals surface area contributed by atoms with Crippen molar-refractivity contribution in [2.45, 2.75) is 6.42 Å². The summed E-state index contributed by atoms with van der Waals surface area (Å²) in [5, 5.41) is 1.41. The van der Waals surface area contributed by atoms with Crippen molar-refractivity contribution >= 4 is 61.8 Å². The number of carbonyl (C=O) groups excluding carboxylic acids is 1. The Morgan fingerprint density at radius 1 is 1.19 bits per heavy atom. The lowest BCUT2D eigenvalue weighted by Gasteiger charge is -2.12. The Balaban J connectivity index is 2.08. The third-order valence-corrected chi connectivity index (χ3v) is 5.18. The predicted octanol–water partition coefficient (Wildman–Crippen LogP) is 3.82. The normalized spacial score (nSPS) is 11.3. The second-order valence-corrected chi connectivity index (χ2v) is 7.41. The maximum atomic E-state index is 13.3. The fraction of sp³-hybridized carbons (Fsp3) is 0.105. The minimum absolute atomic E-state index is 0.000172. The highest BCUT2D eigenvalue weighted by Gasteiger charge is 2.18. The number of alkyl halides is 1. The zero-order valence-electron chi connectivity index (χ0n) is 13.5. The van der Waals surface area contributed by atoms with E-state index in [0.29, 0.717) is 22.4 Å². The fourth-order valence-electron chi connectivity index (χ4n) is 3.04. The van der Waals surface area contributed by atoms with E-state index in [1.807, 2.05) is 36.4 Å². The van der Waals surface area contributed by atoms with Gasteiger partial charge in [-0.1, -0.05) is 18.2 Å². The van der Waals surface area contributed by atoms with Crippen LogP contribution in [0.2, 0.25) is 0 Å². The molecule has 0 radical (unpaired) electrons. The summed E-state index contributed by atoms with van der Waals surface area (Å²) in [6, 6.07) is 13.2. The maximum absolute atomic E-state index is 13.3. The number of ketones is 1. The van der Waals surface area contributed by atoms with E-state index < -0.39 is 0 Å². The zero-order valence-corrected chi connectivity index (χ0v) is 16.4. The lowest BCUT2D eigenvalue weighted by molar-refractivity contribution is -0.116. The van der Waals surface area contributed by atoms with Crippen molar-refractivity contribution in [3.8, 4) is 5.69 Å². The molecule has 2 aromatic heterocycles. The number of Topliss-reactive ketones (excluding diaryl/α,β-unsaturated/α-hetero) is 1. The quantitative estimate of drug-likeness (QED) is 0.359. The highest BCUT2D eigenvalue weighted by Crippen LogP contribution is 2.23. The molecule has 0 saturated heterocycles. The van der Waals surface area contributed by atoms with E-state index in [1.165, 1.54) is 4.57 Å². The van der Waals surface area contributed by atoms with Gasteiger partial charge in [-0.25, -0.2) is 4.98 Å². The monoisotopic (exact) mass is 477 g/mol. The van der Waals surface area contributed by atoms with Gasteiger partial charge in [0.05, 0.1) is 28.9 Å². The molecule has 7 heteroatoms. The molecule has 0 fully saturated rings. The van der Waals surface area contributed by atoms with Crippen LogP contribution in [0, 0.1) is 3.57 Å². The summed E-state index contributed by atoms with van der Waals surface area (Å²) in [6.45, 7) is 0. The number of fused-ring (bicyclic) bond motifs is 2. The van der Waals surface area contributed by atoms with Gasteiger partial charge in [0.2, 0.25) is 0 Å². The molecular weight excluding hydrogens is 465 g/mol. The number of H-pyrrole nitrogens is 1. The Bertz CT molecular complexity index is 1210. The van der Waals surface area contributed by atoms with E-state index in [4.69, 9.17) is 11.6 Å². The Hall–Kier alpha value is -2.19. The SMILES string of the molecule is O=C(CCl)Cc1nc2ccc(I)cc2c(=O)n1-c1c[nH]c2ccccc12. The number of para-hydroxylation sites is 1. The Morgan fingerprint density at radius 2 is 2.00 bits per heavy atom. The molecule has 0 aliphatic heterocycles. The molecule has 2 aromatic carbocycles. The number of halogens is 2. The van der Waals surface area contributed by atoms with Crippen LogP contribution >= 0.6 is 34.2 Å². The van der Waals surface area contributed by atoms with E-state index in [9.17, 15) is 9.59 Å². The smallest absolute Gasteiger partial charge is 0.266 e. The maximum Gasteiger partial charge on any atom is 0.266 e. The number of nitrogens with zero attached hydrogens (tertiary/aromatic N) is 2. The Kier molecular flexibility index (Phi) is 4.54. The van der Waals surface area contributed by atoms with Gasteiger partial charge in [0.15, 0.2) is 5.78 Å². The molecule has 1 N–H and O–H groups in total. The van der Waals surface area contributed by atoms with Crippen LogP contribution in [0.15, 0.2) is 53.5 Å². The van der Waals surface area contributed by atoms with E-state index in [-0.39, 0.29) is 23.6 Å². The second kappa shape index (κ2) is 6.85. The molecule has 0 saturated carbocycles. The summed E-state index contributed by atoms with van der Waals surface area (Å²) in [6.07, 6.45) is 1.77. The first kappa shape index (κ1) is 17.2. The number of hydrogen-bond donors (Lipinski definition) is 1. The van der Waals surface area contributed by atoms with Gasteiger partial charge in [-0.15, -0.1) is 11.6 Å². The molecule has 130 valence electrons. The number of aromatic nitrogens is 3. The number of nitrogens with one attached hydrogen (secondary N) is 1. The first-order valence-corrected chi connectivity index (χ1v) is 9.55. The van der Waals surface area contributed by atoms with E-state index in [0.717, 1.165) is 14.5 Å². The summed E-state index contributed by atoms with van der Waals surface area (Å²) in [4.78, 5) is 33.0. The summed E-state index contributed by atoms with van der Waals surface area (Å²) in [5.41, 5.74) is 1.96. The minimum atomic E-state index is -0.198. The van der Waals surface area contributed by atoms with Crippen molar-refractivity contribution in [2.75, 3.05) is 5.88 Å². The molecule has 0 amide bonds. The lowest BCUT2D eigenvalue weighted by Crippen LogP contribution is -2.25. The minimum Gasteiger partial charge on any atom is -0.359 e. The van der Waals surface area contributed by atoms with Crippen LogP contribution in [0.4, 0.5) is 0 Å². The molecule has 0 aliphatic carbocycles. The molecule has 0 unspecified atom stereocenters. The zero-order chi connectivity index (χ0) is 18.3. The van der Waals surface area contributed by atoms with Crippen molar-refractivity contribution in [3.63, 3.8) is 0 Å². The van der Waals surface area contributed by atoms with Gasteiger partial charge in [-0.3, -0.25) is 14.2 Å². The third-order valence-electron chi connectivity index (χ3n) is 4.21. The van der Waals surface area contributed by atoms with Crippen LogP contribution in [0.25, 0.3) is 27.5 Å². The van der Waals surface area contributed by atoms with Gasteiger partial charge in [0, 0.05) is 20.7 Å². The molecule has 4 aromatic rings. The molecule has 0 aliphatic rings. The lowest BCUT2D eigenvalue weighted by atomic mass is 10.2. The molecule has 0 spiro atoms. The van der Waals surface area contributed by atoms with E-state index in [2.05, 4.69) is 32.6 Å². The highest BCUT2D eigenvalue weighted by molar-refractivity contribution is 14.1. The van der Waals surface area contributed by atoms with Crippen LogP contribution < -0.4 is 5.56 Å². The molecule has 26 heavy (non-hydrogen) atoms. The number of carbonyl (C=O) groups is 1. The van der Waals surface area contributed by atoms with Crippen LogP contribution in [-0.2, 0) is 11.2 Å². The summed E-state index contributed by atoms with van der Waals surface area (Å²) < 4.78 is 2.46. The molecule has 5 nitrogen and oxygen atoms in total. The molecule has 2 heterocycles. The van der Waals surface area contributed by atoms with Crippen molar-refractivity contribution in [3.05, 3.63) is 68.4 Å². The van der Waals surface area contributed by atoms with Gasteiger partial charge in [-0.05, 0) is 46.9 Å². The number of hydrogen-bond acceptors (Lipinski definition) is 3. The molecule has 0 atom stereocenters. The topological polar surface area (TPSA) is 67.8 Å². The summed E-state index contributed by atoms with van der Waals surface area (Å²) >= 11 is 7.85. The number of aromatic amines is 1. The van der Waals surface area contributed by atoms with Crippen molar-refractivity contribution in [1.82, 2.24) is 14.5 Å². The Morgan fingerprint density at radius 3 is 2.81 bits per heavy atom. The predicted molar refractivity (Wildman–Crippen MR) is 111 cm³/mol. The largest absolute Gasteiger partial charge is 0.359 e. The number of rotatable bonds is 4. The first-order valence-electron chi connectivity index (χ1n) is 7.94. The van der Waals surface area contributed by atoms with Crippen molar-refractivity contribution in [1.29, 1.82) is 0 Å². The second-order valence-electron chi connectivity index (χ2n) is 5.90. The average Bonchev–Trinajstić information content (AvgIpc) is 3.06. The van der Waals surface area contributed by atoms with Gasteiger partial charge in [0.1, 0.15) is 5.82 Å². The van der Waals surface area contributed by atoms with E-state index >= 15 is 0 Å². The van der Waals surface area contributed by atoms with Gasteiger partial charge < -0.3 is 4.98 Å². The van der Waals surface area contributed by atoms with Gasteiger partial charge in [0.25, 0.3) is 5.56 Å². The first-order chi connectivity index (χ1) is 12.6. The van der Waals surface area contributed by atoms with Crippen LogP contribution in [0.1, 0.15) is 5.82 Å². The van der Waals surface area contributed by atoms with Crippen LogP contribution in [0.5, 0.6) is 0 Å². The van der Waals surface area contributed by atoms with Gasteiger partial charge >= 0.3 is 0 Å². The molecule has 4 rings (SSSR count). The van der Waals surface area contributed by atoms with Gasteiger partial charge in [-0.2, -0.15) is 0 Å². The summed E-state index contributed by atoms with van der Waals surface area (Å²) in [7, 11) is 0. The van der Waals surface area contributed by atoms with Crippen molar-refractivity contribution < 1.29 is 4.79 Å². The average molecular weight is 478 g/mol. The van der Waals surface area contributed by atoms with Crippen molar-refractivity contribution in [2.24, 2.45) is 0 Å².